The number of ether oxygens (including phenoxy) is 1. The lowest BCUT2D eigenvalue weighted by atomic mass is 10.0. The standard InChI is InChI=1S/C20H18N4O3/c1-13-11-12-24(23-13)15-9-7-14(8-10-15)21-18(25)20(2)19(26)22-16-5-3-4-6-17(16)27-20/h3-12H,1-2H3,(H,21,25)(H,22,26). The Balaban J connectivity index is 1.52. The van der Waals surface area contributed by atoms with E-state index < -0.39 is 17.4 Å². The lowest BCUT2D eigenvalue weighted by molar-refractivity contribution is -0.143. The fraction of sp³-hybridized carbons (Fsp3) is 0.150. The zero-order chi connectivity index (χ0) is 19.0. The highest BCUT2D eigenvalue weighted by atomic mass is 16.5. The van der Waals surface area contributed by atoms with Crippen LogP contribution in [0, 0.1) is 6.92 Å². The zero-order valence-electron chi connectivity index (χ0n) is 14.9. The third-order valence-electron chi connectivity index (χ3n) is 4.43. The summed E-state index contributed by atoms with van der Waals surface area (Å²) in [5.74, 6) is -0.598. The topological polar surface area (TPSA) is 85.3 Å². The Labute approximate surface area is 156 Å². The molecule has 1 aromatic heterocycles. The smallest absolute Gasteiger partial charge is 0.278 e. The van der Waals surface area contributed by atoms with Gasteiger partial charge >= 0.3 is 0 Å². The van der Waals surface area contributed by atoms with E-state index in [4.69, 9.17) is 4.74 Å². The summed E-state index contributed by atoms with van der Waals surface area (Å²) < 4.78 is 7.47. The number of nitrogens with one attached hydrogen (secondary N) is 2. The predicted molar refractivity (Wildman–Crippen MR) is 101 cm³/mol. The van der Waals surface area contributed by atoms with Crippen LogP contribution in [-0.4, -0.2) is 27.2 Å². The van der Waals surface area contributed by atoms with Crippen LogP contribution in [0.2, 0.25) is 0 Å². The number of hydrogen-bond acceptors (Lipinski definition) is 4. The van der Waals surface area contributed by atoms with Crippen LogP contribution in [-0.2, 0) is 9.59 Å². The van der Waals surface area contributed by atoms with Crippen LogP contribution in [0.15, 0.2) is 60.8 Å². The first-order valence-corrected chi connectivity index (χ1v) is 8.49. The van der Waals surface area contributed by atoms with Crippen LogP contribution < -0.4 is 15.4 Å². The Morgan fingerprint density at radius 1 is 1.15 bits per heavy atom. The number of amides is 2. The molecule has 1 unspecified atom stereocenters. The number of aryl methyl sites for hydroxylation is 1. The second-order valence-corrected chi connectivity index (χ2v) is 6.49. The van der Waals surface area contributed by atoms with Crippen molar-refractivity contribution in [2.45, 2.75) is 19.4 Å². The van der Waals surface area contributed by atoms with Crippen LogP contribution >= 0.6 is 0 Å². The number of benzene rings is 2. The first-order chi connectivity index (χ1) is 13.0. The maximum absolute atomic E-state index is 12.8. The Hall–Kier alpha value is -3.61. The van der Waals surface area contributed by atoms with Crippen LogP contribution in [0.3, 0.4) is 0 Å². The van der Waals surface area contributed by atoms with E-state index in [1.54, 1.807) is 41.1 Å². The van der Waals surface area contributed by atoms with Gasteiger partial charge in [0.05, 0.1) is 17.1 Å². The third-order valence-corrected chi connectivity index (χ3v) is 4.43. The maximum atomic E-state index is 12.8. The molecule has 0 aliphatic carbocycles. The average molecular weight is 362 g/mol. The Morgan fingerprint density at radius 2 is 1.89 bits per heavy atom. The van der Waals surface area contributed by atoms with Crippen molar-refractivity contribution >= 4 is 23.2 Å². The number of carbonyl (C=O) groups excluding carboxylic acids is 2. The minimum Gasteiger partial charge on any atom is -0.466 e. The summed E-state index contributed by atoms with van der Waals surface area (Å²) in [4.78, 5) is 25.2. The van der Waals surface area contributed by atoms with Crippen molar-refractivity contribution in [2.24, 2.45) is 0 Å². The molecule has 4 rings (SSSR count). The normalized spacial score (nSPS) is 18.2. The number of hydrogen-bond donors (Lipinski definition) is 2. The first kappa shape index (κ1) is 16.8. The molecule has 27 heavy (non-hydrogen) atoms. The monoisotopic (exact) mass is 362 g/mol. The maximum Gasteiger partial charge on any atom is 0.278 e. The van der Waals surface area contributed by atoms with E-state index in [1.165, 1.54) is 6.92 Å². The Bertz CT molecular complexity index is 1030. The molecule has 0 radical (unpaired) electrons. The van der Waals surface area contributed by atoms with Crippen molar-refractivity contribution < 1.29 is 14.3 Å². The van der Waals surface area contributed by atoms with E-state index >= 15 is 0 Å². The molecule has 7 nitrogen and oxygen atoms in total. The number of para-hydroxylation sites is 2. The van der Waals surface area contributed by atoms with E-state index in [2.05, 4.69) is 15.7 Å². The molecule has 2 amide bonds. The molecular weight excluding hydrogens is 344 g/mol. The average Bonchev–Trinajstić information content (AvgIpc) is 3.09. The first-order valence-electron chi connectivity index (χ1n) is 8.49. The van der Waals surface area contributed by atoms with Crippen LogP contribution in [0.1, 0.15) is 12.6 Å². The van der Waals surface area contributed by atoms with Crippen molar-refractivity contribution in [2.75, 3.05) is 10.6 Å². The molecule has 2 heterocycles. The number of rotatable bonds is 3. The van der Waals surface area contributed by atoms with Crippen molar-refractivity contribution in [3.63, 3.8) is 0 Å². The van der Waals surface area contributed by atoms with E-state index in [9.17, 15) is 9.59 Å². The summed E-state index contributed by atoms with van der Waals surface area (Å²) in [5, 5.41) is 9.80. The second kappa shape index (κ2) is 6.28. The minimum atomic E-state index is -1.66. The molecule has 0 saturated heterocycles. The SMILES string of the molecule is Cc1ccn(-c2ccc(NC(=O)C3(C)Oc4ccccc4NC3=O)cc2)n1. The molecule has 0 spiro atoms. The highest BCUT2D eigenvalue weighted by molar-refractivity contribution is 6.19. The largest absolute Gasteiger partial charge is 0.466 e. The quantitative estimate of drug-likeness (QED) is 0.702. The molecule has 2 N–H and O–H groups in total. The van der Waals surface area contributed by atoms with Gasteiger partial charge in [0.15, 0.2) is 0 Å². The molecule has 7 heteroatoms. The number of nitrogens with zero attached hydrogens (tertiary/aromatic N) is 2. The highest BCUT2D eigenvalue weighted by Gasteiger charge is 2.47. The molecule has 3 aromatic rings. The number of aromatic nitrogens is 2. The van der Waals surface area contributed by atoms with Crippen molar-refractivity contribution in [3.8, 4) is 11.4 Å². The van der Waals surface area contributed by atoms with Gasteiger partial charge in [-0.15, -0.1) is 0 Å². The van der Waals surface area contributed by atoms with Crippen LogP contribution in [0.4, 0.5) is 11.4 Å². The Morgan fingerprint density at radius 3 is 2.59 bits per heavy atom. The van der Waals surface area contributed by atoms with Crippen molar-refractivity contribution in [1.82, 2.24) is 9.78 Å². The molecule has 1 atom stereocenters. The summed E-state index contributed by atoms with van der Waals surface area (Å²) in [7, 11) is 0. The van der Waals surface area contributed by atoms with Crippen LogP contribution in [0.25, 0.3) is 5.69 Å². The molecule has 136 valence electrons. The molecule has 0 bridgehead atoms. The number of fused-ring (bicyclic) bond motifs is 1. The van der Waals surface area contributed by atoms with Gasteiger partial charge in [0.25, 0.3) is 17.4 Å². The highest BCUT2D eigenvalue weighted by Crippen LogP contribution is 2.33. The van der Waals surface area contributed by atoms with E-state index in [0.717, 1.165) is 11.4 Å². The van der Waals surface area contributed by atoms with Gasteiger partial charge in [0.1, 0.15) is 5.75 Å². The predicted octanol–water partition coefficient (Wildman–Crippen LogP) is 2.91. The van der Waals surface area contributed by atoms with Gasteiger partial charge in [-0.05, 0) is 56.3 Å². The van der Waals surface area contributed by atoms with Gasteiger partial charge in [0, 0.05) is 11.9 Å². The minimum absolute atomic E-state index is 0.458. The van der Waals surface area contributed by atoms with E-state index in [0.29, 0.717) is 17.1 Å². The summed E-state index contributed by atoms with van der Waals surface area (Å²) in [5.41, 5.74) is 1.23. The zero-order valence-corrected chi connectivity index (χ0v) is 14.9. The molecular formula is C20H18N4O3. The molecule has 0 saturated carbocycles. The lowest BCUT2D eigenvalue weighted by Gasteiger charge is -2.33. The fourth-order valence-electron chi connectivity index (χ4n) is 2.82. The fourth-order valence-corrected chi connectivity index (χ4v) is 2.82. The lowest BCUT2D eigenvalue weighted by Crippen LogP contribution is -2.56. The van der Waals surface area contributed by atoms with Gasteiger partial charge in [0.2, 0.25) is 0 Å². The van der Waals surface area contributed by atoms with Crippen molar-refractivity contribution in [3.05, 3.63) is 66.5 Å². The summed E-state index contributed by atoms with van der Waals surface area (Å²) in [6.07, 6.45) is 1.86. The van der Waals surface area contributed by atoms with E-state index in [-0.39, 0.29) is 0 Å². The van der Waals surface area contributed by atoms with Gasteiger partial charge in [-0.1, -0.05) is 12.1 Å². The summed E-state index contributed by atoms with van der Waals surface area (Å²) in [6.45, 7) is 3.37. The van der Waals surface area contributed by atoms with Crippen molar-refractivity contribution in [1.29, 1.82) is 0 Å². The third kappa shape index (κ3) is 3.03. The molecule has 2 aromatic carbocycles. The van der Waals surface area contributed by atoms with Gasteiger partial charge in [-0.2, -0.15) is 5.10 Å². The Kier molecular flexibility index (Phi) is 3.92. The van der Waals surface area contributed by atoms with E-state index in [1.807, 2.05) is 31.3 Å². The second-order valence-electron chi connectivity index (χ2n) is 6.49. The number of anilines is 2. The summed E-state index contributed by atoms with van der Waals surface area (Å²) in [6, 6.07) is 16.1. The molecule has 1 aliphatic heterocycles. The summed E-state index contributed by atoms with van der Waals surface area (Å²) >= 11 is 0. The molecule has 0 fully saturated rings. The van der Waals surface area contributed by atoms with Gasteiger partial charge < -0.3 is 15.4 Å². The molecule has 1 aliphatic rings. The van der Waals surface area contributed by atoms with Crippen LogP contribution in [0.5, 0.6) is 5.75 Å². The van der Waals surface area contributed by atoms with Gasteiger partial charge in [-0.3, -0.25) is 9.59 Å². The van der Waals surface area contributed by atoms with Gasteiger partial charge in [-0.25, -0.2) is 4.68 Å². The number of carbonyl (C=O) groups is 2.